The van der Waals surface area contributed by atoms with E-state index in [1.807, 2.05) is 0 Å². The lowest BCUT2D eigenvalue weighted by molar-refractivity contribution is -0.147. The maximum absolute atomic E-state index is 13.5. The molecule has 0 radical (unpaired) electrons. The predicted molar refractivity (Wildman–Crippen MR) is 76.6 cm³/mol. The Kier molecular flexibility index (Phi) is 5.16. The molecule has 0 heterocycles. The molecule has 0 N–H and O–H groups in total. The number of esters is 1. The summed E-state index contributed by atoms with van der Waals surface area (Å²) in [5, 5.41) is 0. The maximum atomic E-state index is 13.5. The van der Waals surface area contributed by atoms with Crippen LogP contribution in [0.1, 0.15) is 19.4 Å². The van der Waals surface area contributed by atoms with Gasteiger partial charge in [0.2, 0.25) is 5.82 Å². The SMILES string of the molecule is CC1(C)[C@H](C(=O)OCc2c(F)c(F)c(F)c(F)c2F)[C@@H]1C=C(Cl)Cl. The van der Waals surface area contributed by atoms with Gasteiger partial charge in [0, 0.05) is 0 Å². The summed E-state index contributed by atoms with van der Waals surface area (Å²) in [5.41, 5.74) is -1.76. The van der Waals surface area contributed by atoms with Crippen LogP contribution < -0.4 is 0 Å². The van der Waals surface area contributed by atoms with Gasteiger partial charge < -0.3 is 4.74 Å². The Labute approximate surface area is 144 Å². The molecule has 132 valence electrons. The molecule has 1 aromatic rings. The van der Waals surface area contributed by atoms with E-state index in [2.05, 4.69) is 0 Å². The average molecular weight is 389 g/mol. The predicted octanol–water partition coefficient (Wildman–Crippen LogP) is 5.02. The van der Waals surface area contributed by atoms with Crippen LogP contribution in [0.5, 0.6) is 0 Å². The Hall–Kier alpha value is -1.34. The van der Waals surface area contributed by atoms with Crippen LogP contribution in [0.25, 0.3) is 0 Å². The molecule has 0 bridgehead atoms. The number of allylic oxidation sites excluding steroid dienone is 1. The van der Waals surface area contributed by atoms with E-state index in [4.69, 9.17) is 27.9 Å². The molecule has 2 nitrogen and oxygen atoms in total. The Morgan fingerprint density at radius 1 is 1.04 bits per heavy atom. The van der Waals surface area contributed by atoms with Gasteiger partial charge in [-0.25, -0.2) is 22.0 Å². The van der Waals surface area contributed by atoms with E-state index in [0.29, 0.717) is 0 Å². The molecule has 1 aliphatic rings. The second-order valence-electron chi connectivity index (χ2n) is 5.94. The first-order valence-electron chi connectivity index (χ1n) is 6.69. The van der Waals surface area contributed by atoms with Gasteiger partial charge in [-0.3, -0.25) is 4.79 Å². The maximum Gasteiger partial charge on any atom is 0.310 e. The topological polar surface area (TPSA) is 26.3 Å². The van der Waals surface area contributed by atoms with E-state index in [9.17, 15) is 26.7 Å². The first-order chi connectivity index (χ1) is 11.0. The molecule has 1 aromatic carbocycles. The number of hydrogen-bond acceptors (Lipinski definition) is 2. The molecule has 2 rings (SSSR count). The molecule has 0 unspecified atom stereocenters. The molecule has 1 aliphatic carbocycles. The van der Waals surface area contributed by atoms with Gasteiger partial charge in [0.1, 0.15) is 11.1 Å². The van der Waals surface area contributed by atoms with Crippen LogP contribution in [0, 0.1) is 46.3 Å². The van der Waals surface area contributed by atoms with Gasteiger partial charge >= 0.3 is 5.97 Å². The van der Waals surface area contributed by atoms with Crippen molar-refractivity contribution in [2.75, 3.05) is 0 Å². The van der Waals surface area contributed by atoms with Crippen molar-refractivity contribution in [3.05, 3.63) is 45.2 Å². The van der Waals surface area contributed by atoms with Crippen LogP contribution in [-0.4, -0.2) is 5.97 Å². The Balaban J connectivity index is 2.16. The highest BCUT2D eigenvalue weighted by atomic mass is 35.5. The molecular formula is C15H11Cl2F5O2. The van der Waals surface area contributed by atoms with Crippen LogP contribution in [0.2, 0.25) is 0 Å². The zero-order valence-electron chi connectivity index (χ0n) is 12.4. The van der Waals surface area contributed by atoms with E-state index >= 15 is 0 Å². The summed E-state index contributed by atoms with van der Waals surface area (Å²) in [7, 11) is 0. The zero-order valence-corrected chi connectivity index (χ0v) is 13.9. The third-order valence-corrected chi connectivity index (χ3v) is 4.38. The van der Waals surface area contributed by atoms with Crippen LogP contribution >= 0.6 is 23.2 Å². The van der Waals surface area contributed by atoms with Crippen LogP contribution in [0.4, 0.5) is 22.0 Å². The van der Waals surface area contributed by atoms with Crippen LogP contribution in [0.3, 0.4) is 0 Å². The zero-order chi connectivity index (χ0) is 18.4. The minimum absolute atomic E-state index is 0.0526. The van der Waals surface area contributed by atoms with Crippen molar-refractivity contribution in [3.63, 3.8) is 0 Å². The molecule has 0 aliphatic heterocycles. The van der Waals surface area contributed by atoms with Crippen molar-refractivity contribution < 1.29 is 31.5 Å². The summed E-state index contributed by atoms with van der Waals surface area (Å²) in [5.74, 6) is -12.4. The van der Waals surface area contributed by atoms with E-state index in [1.165, 1.54) is 6.08 Å². The fraction of sp³-hybridized carbons (Fsp3) is 0.400. The van der Waals surface area contributed by atoms with E-state index in [-0.39, 0.29) is 10.4 Å². The molecule has 0 saturated heterocycles. The highest BCUT2D eigenvalue weighted by Gasteiger charge is 2.61. The third-order valence-electron chi connectivity index (χ3n) is 4.13. The quantitative estimate of drug-likeness (QED) is 0.313. The highest BCUT2D eigenvalue weighted by Crippen LogP contribution is 2.60. The lowest BCUT2D eigenvalue weighted by Crippen LogP contribution is -2.14. The van der Waals surface area contributed by atoms with Crippen molar-refractivity contribution >= 4 is 29.2 Å². The normalized spacial score (nSPS) is 21.4. The van der Waals surface area contributed by atoms with E-state index in [1.54, 1.807) is 13.8 Å². The summed E-state index contributed by atoms with van der Waals surface area (Å²) in [6.07, 6.45) is 1.42. The molecule has 0 amide bonds. The van der Waals surface area contributed by atoms with Crippen molar-refractivity contribution in [2.24, 2.45) is 17.3 Å². The first-order valence-corrected chi connectivity index (χ1v) is 7.45. The summed E-state index contributed by atoms with van der Waals surface area (Å²) in [6.45, 7) is 2.35. The highest BCUT2D eigenvalue weighted by molar-refractivity contribution is 6.55. The summed E-state index contributed by atoms with van der Waals surface area (Å²) in [4.78, 5) is 12.0. The van der Waals surface area contributed by atoms with Gasteiger partial charge in [0.05, 0.1) is 11.5 Å². The third kappa shape index (κ3) is 3.24. The fourth-order valence-electron chi connectivity index (χ4n) is 2.58. The van der Waals surface area contributed by atoms with E-state index in [0.717, 1.165) is 0 Å². The van der Waals surface area contributed by atoms with Gasteiger partial charge in [0.25, 0.3) is 0 Å². The standard InChI is InChI=1S/C15H11Cl2F5O2/c1-15(2)6(3-7(16)17)8(15)14(23)24-4-5-9(18)11(20)13(22)12(21)10(5)19/h3,6,8H,4H2,1-2H3/t6-,8-/m0/s1. The summed E-state index contributed by atoms with van der Waals surface area (Å²) in [6, 6.07) is 0. The summed E-state index contributed by atoms with van der Waals surface area (Å²) >= 11 is 11.1. The van der Waals surface area contributed by atoms with Crippen LogP contribution in [0.15, 0.2) is 10.6 Å². The monoisotopic (exact) mass is 388 g/mol. The molecule has 1 saturated carbocycles. The molecule has 2 atom stereocenters. The van der Waals surface area contributed by atoms with Crippen molar-refractivity contribution in [1.29, 1.82) is 0 Å². The second kappa shape index (κ2) is 6.52. The van der Waals surface area contributed by atoms with Gasteiger partial charge in [-0.2, -0.15) is 0 Å². The number of rotatable bonds is 4. The van der Waals surface area contributed by atoms with Crippen LogP contribution in [-0.2, 0) is 16.1 Å². The van der Waals surface area contributed by atoms with Crippen molar-refractivity contribution in [2.45, 2.75) is 20.5 Å². The number of carbonyl (C=O) groups is 1. The van der Waals surface area contributed by atoms with Crippen molar-refractivity contribution in [3.8, 4) is 0 Å². The lowest BCUT2D eigenvalue weighted by Gasteiger charge is -2.09. The number of halogens is 7. The van der Waals surface area contributed by atoms with Gasteiger partial charge in [-0.1, -0.05) is 37.0 Å². The molecule has 24 heavy (non-hydrogen) atoms. The minimum Gasteiger partial charge on any atom is -0.460 e. The van der Waals surface area contributed by atoms with Gasteiger partial charge in [-0.05, 0) is 17.4 Å². The Morgan fingerprint density at radius 2 is 1.50 bits per heavy atom. The number of hydrogen-bond donors (Lipinski definition) is 0. The largest absolute Gasteiger partial charge is 0.460 e. The molecule has 1 fully saturated rings. The molecule has 0 spiro atoms. The van der Waals surface area contributed by atoms with Crippen molar-refractivity contribution in [1.82, 2.24) is 0 Å². The number of carbonyl (C=O) groups excluding carboxylic acids is 1. The average Bonchev–Trinajstić information content (AvgIpc) is 3.02. The lowest BCUT2D eigenvalue weighted by atomic mass is 10.1. The molecular weight excluding hydrogens is 378 g/mol. The second-order valence-corrected chi connectivity index (χ2v) is 6.95. The Bertz CT molecular complexity index is 700. The van der Waals surface area contributed by atoms with E-state index < -0.39 is 58.6 Å². The minimum atomic E-state index is -2.27. The van der Waals surface area contributed by atoms with Gasteiger partial charge in [0.15, 0.2) is 23.3 Å². The first kappa shape index (κ1) is 19.0. The fourth-order valence-corrected chi connectivity index (χ4v) is 2.86. The Morgan fingerprint density at radius 3 is 1.96 bits per heavy atom. The smallest absolute Gasteiger partial charge is 0.310 e. The summed E-state index contributed by atoms with van der Waals surface area (Å²) < 4.78 is 70.8. The number of ether oxygens (including phenoxy) is 1. The molecule has 9 heteroatoms. The number of benzene rings is 1. The van der Waals surface area contributed by atoms with Gasteiger partial charge in [-0.15, -0.1) is 0 Å². The molecule has 0 aromatic heterocycles.